The molecule has 2 amide bonds. The number of benzene rings is 3. The fourth-order valence-corrected chi connectivity index (χ4v) is 3.56. The van der Waals surface area contributed by atoms with Gasteiger partial charge in [-0.25, -0.2) is 9.59 Å². The number of carboxylic acid groups (broad SMARTS) is 1. The Balaban J connectivity index is 1.49. The zero-order valence-corrected chi connectivity index (χ0v) is 20.6. The number of nitrogens with one attached hydrogen (secondary N) is 3. The minimum atomic E-state index is -1.02. The van der Waals surface area contributed by atoms with E-state index in [-0.39, 0.29) is 18.4 Å². The van der Waals surface area contributed by atoms with E-state index in [0.29, 0.717) is 30.0 Å². The quantitative estimate of drug-likeness (QED) is 0.285. The molecular formula is C28H31N3O5. The standard InChI is InChI=1S/C28H31N3O5/c1-19-6-4-5-7-24(19)31-27(35)30-22-12-10-21(11-13-22)26(34)28(2,3)29-17-16-20-8-14-23(15-9-20)36-18-25(32)33/h4-15,29H,16-18H2,1-3H3,(H,32,33)(H2,30,31,35). The minimum absolute atomic E-state index is 0.0594. The highest BCUT2D eigenvalue weighted by atomic mass is 16.5. The van der Waals surface area contributed by atoms with Crippen molar-refractivity contribution in [2.75, 3.05) is 23.8 Å². The summed E-state index contributed by atoms with van der Waals surface area (Å²) in [5.41, 5.74) is 3.06. The number of rotatable bonds is 11. The molecule has 8 nitrogen and oxygen atoms in total. The van der Waals surface area contributed by atoms with Gasteiger partial charge in [0.25, 0.3) is 0 Å². The number of hydrogen-bond acceptors (Lipinski definition) is 5. The summed E-state index contributed by atoms with van der Waals surface area (Å²) >= 11 is 0. The lowest BCUT2D eigenvalue weighted by Crippen LogP contribution is -2.47. The van der Waals surface area contributed by atoms with Gasteiger partial charge in [0.15, 0.2) is 12.4 Å². The first-order chi connectivity index (χ1) is 17.1. The molecule has 0 aliphatic heterocycles. The van der Waals surface area contributed by atoms with Crippen molar-refractivity contribution in [3.05, 3.63) is 89.5 Å². The van der Waals surface area contributed by atoms with Crippen molar-refractivity contribution in [2.45, 2.75) is 32.7 Å². The lowest BCUT2D eigenvalue weighted by atomic mass is 9.92. The summed E-state index contributed by atoms with van der Waals surface area (Å²) < 4.78 is 5.14. The molecule has 0 aliphatic carbocycles. The molecule has 0 spiro atoms. The van der Waals surface area contributed by atoms with Gasteiger partial charge in [-0.2, -0.15) is 0 Å². The van der Waals surface area contributed by atoms with Crippen LogP contribution in [0.5, 0.6) is 5.75 Å². The Morgan fingerprint density at radius 3 is 2.19 bits per heavy atom. The van der Waals surface area contributed by atoms with E-state index in [1.807, 2.05) is 57.2 Å². The third kappa shape index (κ3) is 7.68. The molecule has 0 saturated heterocycles. The predicted molar refractivity (Wildman–Crippen MR) is 140 cm³/mol. The summed E-state index contributed by atoms with van der Waals surface area (Å²) in [6, 6.07) is 21.2. The second-order valence-electron chi connectivity index (χ2n) is 8.93. The van der Waals surface area contributed by atoms with Gasteiger partial charge in [-0.3, -0.25) is 4.79 Å². The average Bonchev–Trinajstić information content (AvgIpc) is 2.85. The molecule has 0 radical (unpaired) electrons. The largest absolute Gasteiger partial charge is 0.482 e. The van der Waals surface area contributed by atoms with Crippen LogP contribution in [-0.4, -0.2) is 41.6 Å². The second-order valence-corrected chi connectivity index (χ2v) is 8.93. The first-order valence-corrected chi connectivity index (χ1v) is 11.6. The molecule has 0 aromatic heterocycles. The summed E-state index contributed by atoms with van der Waals surface area (Å²) in [6.45, 7) is 5.78. The van der Waals surface area contributed by atoms with Gasteiger partial charge in [-0.1, -0.05) is 30.3 Å². The van der Waals surface area contributed by atoms with E-state index in [4.69, 9.17) is 9.84 Å². The summed E-state index contributed by atoms with van der Waals surface area (Å²) in [5.74, 6) is -0.587. The Hall–Kier alpha value is -4.17. The van der Waals surface area contributed by atoms with Crippen molar-refractivity contribution >= 4 is 29.2 Å². The summed E-state index contributed by atoms with van der Waals surface area (Å²) in [5, 5.41) is 17.6. The van der Waals surface area contributed by atoms with E-state index < -0.39 is 11.5 Å². The number of Topliss-reactive ketones (excluding diaryl/α,β-unsaturated/α-hetero) is 1. The number of aryl methyl sites for hydroxylation is 1. The van der Waals surface area contributed by atoms with E-state index in [1.165, 1.54) is 0 Å². The van der Waals surface area contributed by atoms with Crippen LogP contribution in [0.2, 0.25) is 0 Å². The smallest absolute Gasteiger partial charge is 0.341 e. The van der Waals surface area contributed by atoms with Crippen molar-refractivity contribution < 1.29 is 24.2 Å². The lowest BCUT2D eigenvalue weighted by Gasteiger charge is -2.25. The number of para-hydroxylation sites is 1. The molecule has 3 aromatic carbocycles. The summed E-state index contributed by atoms with van der Waals surface area (Å²) in [7, 11) is 0. The van der Waals surface area contributed by atoms with Gasteiger partial charge < -0.3 is 25.8 Å². The van der Waals surface area contributed by atoms with Gasteiger partial charge in [0.2, 0.25) is 0 Å². The number of carboxylic acids is 1. The van der Waals surface area contributed by atoms with Gasteiger partial charge in [0.1, 0.15) is 5.75 Å². The Labute approximate surface area is 210 Å². The third-order valence-electron chi connectivity index (χ3n) is 5.63. The highest BCUT2D eigenvalue weighted by Crippen LogP contribution is 2.18. The van der Waals surface area contributed by atoms with Crippen molar-refractivity contribution in [3.63, 3.8) is 0 Å². The first kappa shape index (κ1) is 26.4. The van der Waals surface area contributed by atoms with Crippen molar-refractivity contribution in [3.8, 4) is 5.75 Å². The number of carbonyl (C=O) groups excluding carboxylic acids is 2. The highest BCUT2D eigenvalue weighted by Gasteiger charge is 2.27. The normalized spacial score (nSPS) is 11.0. The average molecular weight is 490 g/mol. The van der Waals surface area contributed by atoms with E-state index >= 15 is 0 Å². The van der Waals surface area contributed by atoms with Gasteiger partial charge in [0, 0.05) is 23.5 Å². The third-order valence-corrected chi connectivity index (χ3v) is 5.63. The number of amides is 2. The topological polar surface area (TPSA) is 117 Å². The van der Waals surface area contributed by atoms with Crippen LogP contribution in [0.1, 0.15) is 35.3 Å². The molecule has 0 saturated carbocycles. The van der Waals surface area contributed by atoms with Crippen LogP contribution in [0, 0.1) is 6.92 Å². The molecule has 0 aliphatic rings. The van der Waals surface area contributed by atoms with Crippen LogP contribution < -0.4 is 20.7 Å². The fourth-order valence-electron chi connectivity index (χ4n) is 3.56. The van der Waals surface area contributed by atoms with E-state index in [2.05, 4.69) is 16.0 Å². The second kappa shape index (κ2) is 12.0. The van der Waals surface area contributed by atoms with Crippen molar-refractivity contribution in [1.29, 1.82) is 0 Å². The molecular weight excluding hydrogens is 458 g/mol. The number of aliphatic carboxylic acids is 1. The molecule has 36 heavy (non-hydrogen) atoms. The molecule has 0 fully saturated rings. The zero-order chi connectivity index (χ0) is 26.1. The molecule has 0 atom stereocenters. The number of ether oxygens (including phenoxy) is 1. The fraction of sp³-hybridized carbons (Fsp3) is 0.250. The Morgan fingerprint density at radius 2 is 1.56 bits per heavy atom. The van der Waals surface area contributed by atoms with Crippen LogP contribution in [0.25, 0.3) is 0 Å². The maximum atomic E-state index is 13.1. The summed E-state index contributed by atoms with van der Waals surface area (Å²) in [6.07, 6.45) is 0.689. The molecule has 188 valence electrons. The van der Waals surface area contributed by atoms with Crippen LogP contribution in [0.15, 0.2) is 72.8 Å². The Morgan fingerprint density at radius 1 is 0.889 bits per heavy atom. The maximum Gasteiger partial charge on any atom is 0.341 e. The van der Waals surface area contributed by atoms with E-state index in [0.717, 1.165) is 16.8 Å². The monoisotopic (exact) mass is 489 g/mol. The predicted octanol–water partition coefficient (Wildman–Crippen LogP) is 4.90. The van der Waals surface area contributed by atoms with Crippen molar-refractivity contribution in [1.82, 2.24) is 5.32 Å². The van der Waals surface area contributed by atoms with Crippen molar-refractivity contribution in [2.24, 2.45) is 0 Å². The molecule has 3 aromatic rings. The zero-order valence-electron chi connectivity index (χ0n) is 20.6. The van der Waals surface area contributed by atoms with Gasteiger partial charge in [0.05, 0.1) is 5.54 Å². The number of anilines is 2. The molecule has 0 heterocycles. The molecule has 8 heteroatoms. The van der Waals surface area contributed by atoms with Crippen LogP contribution >= 0.6 is 0 Å². The lowest BCUT2D eigenvalue weighted by molar-refractivity contribution is -0.139. The van der Waals surface area contributed by atoms with Gasteiger partial charge in [-0.15, -0.1) is 0 Å². The molecule has 3 rings (SSSR count). The van der Waals surface area contributed by atoms with Gasteiger partial charge in [-0.05, 0) is 80.8 Å². The number of urea groups is 1. The number of ketones is 1. The van der Waals surface area contributed by atoms with Crippen LogP contribution in [0.3, 0.4) is 0 Å². The molecule has 0 bridgehead atoms. The number of carbonyl (C=O) groups is 3. The first-order valence-electron chi connectivity index (χ1n) is 11.6. The minimum Gasteiger partial charge on any atom is -0.482 e. The van der Waals surface area contributed by atoms with Gasteiger partial charge >= 0.3 is 12.0 Å². The Bertz CT molecular complexity index is 1200. The SMILES string of the molecule is Cc1ccccc1NC(=O)Nc1ccc(C(=O)C(C)(C)NCCc2ccc(OCC(=O)O)cc2)cc1. The van der Waals surface area contributed by atoms with E-state index in [1.54, 1.807) is 36.4 Å². The summed E-state index contributed by atoms with van der Waals surface area (Å²) in [4.78, 5) is 35.9. The Kier molecular flexibility index (Phi) is 8.81. The van der Waals surface area contributed by atoms with E-state index in [9.17, 15) is 14.4 Å². The van der Waals surface area contributed by atoms with Crippen LogP contribution in [0.4, 0.5) is 16.2 Å². The molecule has 4 N–H and O–H groups in total. The highest BCUT2D eigenvalue weighted by molar-refractivity contribution is 6.04. The number of hydrogen-bond donors (Lipinski definition) is 4. The maximum absolute atomic E-state index is 13.1. The van der Waals surface area contributed by atoms with Crippen LogP contribution in [-0.2, 0) is 11.2 Å². The molecule has 0 unspecified atom stereocenters.